The van der Waals surface area contributed by atoms with E-state index in [1.165, 1.54) is 0 Å². The highest BCUT2D eigenvalue weighted by molar-refractivity contribution is 6.36. The van der Waals surface area contributed by atoms with E-state index in [9.17, 15) is 4.79 Å². The summed E-state index contributed by atoms with van der Waals surface area (Å²) in [4.78, 5) is 11.1. The van der Waals surface area contributed by atoms with Gasteiger partial charge in [-0.1, -0.05) is 11.6 Å². The number of ether oxygens (including phenoxy) is 1. The smallest absolute Gasteiger partial charge is 0.356 e. The Morgan fingerprint density at radius 3 is 2.64 bits per heavy atom. The molecule has 0 aromatic rings. The van der Waals surface area contributed by atoms with Gasteiger partial charge in [0.2, 0.25) is 0 Å². The summed E-state index contributed by atoms with van der Waals surface area (Å²) in [5.41, 5.74) is 0.0847. The third-order valence-corrected chi connectivity index (χ3v) is 1.95. The standard InChI is InChI=1S/C9H16ClNO3/c1-2-14-9(12)8(11-13)6-4-3-5-7-10/h13H,2-7H2,1H3. The largest absolute Gasteiger partial charge is 0.461 e. The van der Waals surface area contributed by atoms with Crippen molar-refractivity contribution in [1.29, 1.82) is 0 Å². The van der Waals surface area contributed by atoms with Gasteiger partial charge < -0.3 is 9.94 Å². The number of hydrogen-bond donors (Lipinski definition) is 1. The van der Waals surface area contributed by atoms with Crippen LogP contribution in [0.3, 0.4) is 0 Å². The second kappa shape index (κ2) is 8.81. The number of carbonyl (C=O) groups is 1. The lowest BCUT2D eigenvalue weighted by atomic mass is 10.1. The zero-order chi connectivity index (χ0) is 10.8. The molecule has 1 N–H and O–H groups in total. The molecule has 4 nitrogen and oxygen atoms in total. The molecule has 0 aliphatic heterocycles. The molecule has 0 aliphatic rings. The van der Waals surface area contributed by atoms with E-state index in [1.807, 2.05) is 0 Å². The molecule has 0 aliphatic carbocycles. The number of halogens is 1. The second-order valence-corrected chi connectivity index (χ2v) is 3.14. The fourth-order valence-electron chi connectivity index (χ4n) is 0.971. The zero-order valence-corrected chi connectivity index (χ0v) is 9.09. The third-order valence-electron chi connectivity index (χ3n) is 1.68. The SMILES string of the molecule is CCOC(=O)C(CCCCCCl)=NO. The van der Waals surface area contributed by atoms with Crippen molar-refractivity contribution in [3.63, 3.8) is 0 Å². The fraction of sp³-hybridized carbons (Fsp3) is 0.778. The molecule has 0 saturated carbocycles. The summed E-state index contributed by atoms with van der Waals surface area (Å²) >= 11 is 5.49. The molecule has 0 rings (SSSR count). The number of oxime groups is 1. The second-order valence-electron chi connectivity index (χ2n) is 2.77. The molecular weight excluding hydrogens is 206 g/mol. The fourth-order valence-corrected chi connectivity index (χ4v) is 1.16. The van der Waals surface area contributed by atoms with Crippen molar-refractivity contribution in [2.75, 3.05) is 12.5 Å². The van der Waals surface area contributed by atoms with E-state index in [2.05, 4.69) is 5.16 Å². The number of hydrogen-bond acceptors (Lipinski definition) is 4. The Labute approximate surface area is 88.9 Å². The molecular formula is C9H16ClNO3. The predicted octanol–water partition coefficient (Wildman–Crippen LogP) is 2.18. The van der Waals surface area contributed by atoms with Crippen LogP contribution < -0.4 is 0 Å². The van der Waals surface area contributed by atoms with Crippen LogP contribution in [0.1, 0.15) is 32.6 Å². The van der Waals surface area contributed by atoms with Crippen LogP contribution in [0.5, 0.6) is 0 Å². The summed E-state index contributed by atoms with van der Waals surface area (Å²) in [6, 6.07) is 0. The van der Waals surface area contributed by atoms with Gasteiger partial charge in [-0.3, -0.25) is 0 Å². The van der Waals surface area contributed by atoms with Crippen LogP contribution in [0.2, 0.25) is 0 Å². The average molecular weight is 222 g/mol. The number of nitrogens with zero attached hydrogens (tertiary/aromatic N) is 1. The summed E-state index contributed by atoms with van der Waals surface area (Å²) in [7, 11) is 0. The van der Waals surface area contributed by atoms with E-state index in [-0.39, 0.29) is 5.71 Å². The van der Waals surface area contributed by atoms with Gasteiger partial charge in [0, 0.05) is 12.3 Å². The molecule has 0 unspecified atom stereocenters. The van der Waals surface area contributed by atoms with Crippen molar-refractivity contribution in [3.8, 4) is 0 Å². The predicted molar refractivity (Wildman–Crippen MR) is 55.0 cm³/mol. The highest BCUT2D eigenvalue weighted by Crippen LogP contribution is 2.03. The first kappa shape index (κ1) is 13.2. The number of unbranched alkanes of at least 4 members (excludes halogenated alkanes) is 2. The van der Waals surface area contributed by atoms with Crippen molar-refractivity contribution >= 4 is 23.3 Å². The number of rotatable bonds is 7. The van der Waals surface area contributed by atoms with Crippen LogP contribution in [0, 0.1) is 0 Å². The summed E-state index contributed by atoms with van der Waals surface area (Å²) in [6.07, 6.45) is 3.04. The van der Waals surface area contributed by atoms with Crippen LogP contribution in [-0.4, -0.2) is 29.4 Å². The van der Waals surface area contributed by atoms with Crippen molar-refractivity contribution in [2.45, 2.75) is 32.6 Å². The Bertz CT molecular complexity index is 194. The first-order valence-corrected chi connectivity index (χ1v) is 5.23. The van der Waals surface area contributed by atoms with Gasteiger partial charge in [0.15, 0.2) is 5.71 Å². The van der Waals surface area contributed by atoms with Crippen molar-refractivity contribution in [3.05, 3.63) is 0 Å². The number of esters is 1. The third kappa shape index (κ3) is 5.80. The lowest BCUT2D eigenvalue weighted by Crippen LogP contribution is -2.17. The van der Waals surface area contributed by atoms with Gasteiger partial charge in [-0.15, -0.1) is 11.6 Å². The minimum atomic E-state index is -0.541. The first-order chi connectivity index (χ1) is 6.76. The van der Waals surface area contributed by atoms with Crippen molar-refractivity contribution < 1.29 is 14.7 Å². The van der Waals surface area contributed by atoms with Gasteiger partial charge in [-0.05, 0) is 19.8 Å². The van der Waals surface area contributed by atoms with Gasteiger partial charge in [0.25, 0.3) is 0 Å². The first-order valence-electron chi connectivity index (χ1n) is 4.70. The van der Waals surface area contributed by atoms with Gasteiger partial charge in [0.1, 0.15) is 0 Å². The Hall–Kier alpha value is -0.770. The highest BCUT2D eigenvalue weighted by Gasteiger charge is 2.12. The summed E-state index contributed by atoms with van der Waals surface area (Å²) in [5.74, 6) is 0.0752. The van der Waals surface area contributed by atoms with E-state index >= 15 is 0 Å². The Morgan fingerprint density at radius 1 is 1.43 bits per heavy atom. The van der Waals surface area contributed by atoms with E-state index < -0.39 is 5.97 Å². The topological polar surface area (TPSA) is 58.9 Å². The van der Waals surface area contributed by atoms with E-state index in [4.69, 9.17) is 21.5 Å². The molecule has 0 spiro atoms. The molecule has 0 atom stereocenters. The molecule has 0 aromatic heterocycles. The van der Waals surface area contributed by atoms with Gasteiger partial charge in [-0.2, -0.15) is 0 Å². The summed E-state index contributed by atoms with van der Waals surface area (Å²) < 4.78 is 4.70. The van der Waals surface area contributed by atoms with Crippen LogP contribution in [-0.2, 0) is 9.53 Å². The summed E-state index contributed by atoms with van der Waals surface area (Å²) in [5, 5.41) is 11.5. The lowest BCUT2D eigenvalue weighted by Gasteiger charge is -2.03. The Kier molecular flexibility index (Phi) is 8.33. The minimum absolute atomic E-state index is 0.0847. The van der Waals surface area contributed by atoms with Gasteiger partial charge in [-0.25, -0.2) is 4.79 Å². The lowest BCUT2D eigenvalue weighted by molar-refractivity contribution is -0.135. The highest BCUT2D eigenvalue weighted by atomic mass is 35.5. The molecule has 5 heteroatoms. The quantitative estimate of drug-likeness (QED) is 0.179. The molecule has 0 amide bonds. The molecule has 0 aromatic carbocycles. The molecule has 0 heterocycles. The van der Waals surface area contributed by atoms with E-state index in [1.54, 1.807) is 6.92 Å². The van der Waals surface area contributed by atoms with Crippen molar-refractivity contribution in [2.24, 2.45) is 5.16 Å². The molecule has 0 bridgehead atoms. The molecule has 14 heavy (non-hydrogen) atoms. The number of alkyl halides is 1. The van der Waals surface area contributed by atoms with Crippen LogP contribution in [0.4, 0.5) is 0 Å². The normalized spacial score (nSPS) is 11.4. The molecule has 0 radical (unpaired) electrons. The van der Waals surface area contributed by atoms with Crippen LogP contribution in [0.15, 0.2) is 5.16 Å². The maximum absolute atomic E-state index is 11.1. The summed E-state index contributed by atoms with van der Waals surface area (Å²) in [6.45, 7) is 2.00. The van der Waals surface area contributed by atoms with Crippen molar-refractivity contribution in [1.82, 2.24) is 0 Å². The Balaban J connectivity index is 3.75. The zero-order valence-electron chi connectivity index (χ0n) is 8.33. The van der Waals surface area contributed by atoms with Gasteiger partial charge in [0.05, 0.1) is 6.61 Å². The molecule has 0 fully saturated rings. The van der Waals surface area contributed by atoms with Gasteiger partial charge >= 0.3 is 5.97 Å². The average Bonchev–Trinajstić information content (AvgIpc) is 2.18. The van der Waals surface area contributed by atoms with Crippen LogP contribution >= 0.6 is 11.6 Å². The number of carbonyl (C=O) groups excluding carboxylic acids is 1. The maximum Gasteiger partial charge on any atom is 0.356 e. The minimum Gasteiger partial charge on any atom is -0.461 e. The van der Waals surface area contributed by atoms with E-state index in [0.29, 0.717) is 18.9 Å². The van der Waals surface area contributed by atoms with E-state index in [0.717, 1.165) is 19.3 Å². The molecule has 82 valence electrons. The molecule has 0 saturated heterocycles. The van der Waals surface area contributed by atoms with Crippen LogP contribution in [0.25, 0.3) is 0 Å². The Morgan fingerprint density at radius 2 is 2.14 bits per heavy atom. The monoisotopic (exact) mass is 221 g/mol. The maximum atomic E-state index is 11.1.